The number of halogens is 3. The van der Waals surface area contributed by atoms with Crippen molar-refractivity contribution in [1.29, 1.82) is 0 Å². The predicted octanol–water partition coefficient (Wildman–Crippen LogP) is 3.70. The van der Waals surface area contributed by atoms with Crippen molar-refractivity contribution in [3.63, 3.8) is 0 Å². The van der Waals surface area contributed by atoms with Crippen molar-refractivity contribution >= 4 is 15.9 Å². The molecule has 5 heteroatoms. The molecule has 0 saturated heterocycles. The van der Waals surface area contributed by atoms with Gasteiger partial charge in [-0.1, -0.05) is 0 Å². The summed E-state index contributed by atoms with van der Waals surface area (Å²) in [6.07, 6.45) is 3.30. The minimum absolute atomic E-state index is 0.248. The lowest BCUT2D eigenvalue weighted by atomic mass is 10.3. The van der Waals surface area contributed by atoms with Crippen molar-refractivity contribution in [2.75, 3.05) is 0 Å². The zero-order valence-electron chi connectivity index (χ0n) is 8.66. The molecule has 0 aliphatic carbocycles. The van der Waals surface area contributed by atoms with E-state index in [2.05, 4.69) is 20.9 Å². The van der Waals surface area contributed by atoms with Crippen molar-refractivity contribution < 1.29 is 13.5 Å². The average Bonchev–Trinajstić information content (AvgIpc) is 2.31. The second-order valence-corrected chi connectivity index (χ2v) is 4.29. The monoisotopic (exact) mass is 299 g/mol. The van der Waals surface area contributed by atoms with Crippen LogP contribution in [0.2, 0.25) is 0 Å². The first-order valence-corrected chi connectivity index (χ1v) is 5.62. The summed E-state index contributed by atoms with van der Waals surface area (Å²) < 4.78 is 31.7. The van der Waals surface area contributed by atoms with E-state index in [0.29, 0.717) is 0 Å². The minimum atomic E-state index is -0.921. The SMILES string of the molecule is Fc1ccc(OCc2cncc(Br)c2)cc1F. The molecular weight excluding hydrogens is 292 g/mol. The van der Waals surface area contributed by atoms with E-state index < -0.39 is 11.6 Å². The first kappa shape index (κ1) is 12.0. The molecule has 1 aromatic heterocycles. The van der Waals surface area contributed by atoms with E-state index >= 15 is 0 Å². The van der Waals surface area contributed by atoms with Crippen molar-refractivity contribution in [2.24, 2.45) is 0 Å². The van der Waals surface area contributed by atoms with Crippen LogP contribution in [0.4, 0.5) is 8.78 Å². The minimum Gasteiger partial charge on any atom is -0.489 e. The van der Waals surface area contributed by atoms with E-state index in [4.69, 9.17) is 4.74 Å². The quantitative estimate of drug-likeness (QED) is 0.862. The van der Waals surface area contributed by atoms with Crippen LogP contribution in [0.15, 0.2) is 41.1 Å². The van der Waals surface area contributed by atoms with Gasteiger partial charge >= 0.3 is 0 Å². The molecule has 0 radical (unpaired) electrons. The standard InChI is InChI=1S/C12H8BrF2NO/c13-9-3-8(5-16-6-9)7-17-10-1-2-11(14)12(15)4-10/h1-6H,7H2. The maximum Gasteiger partial charge on any atom is 0.162 e. The summed E-state index contributed by atoms with van der Waals surface area (Å²) in [6.45, 7) is 0.248. The number of ether oxygens (including phenoxy) is 1. The predicted molar refractivity (Wildman–Crippen MR) is 62.6 cm³/mol. The number of benzene rings is 1. The van der Waals surface area contributed by atoms with Crippen molar-refractivity contribution in [3.8, 4) is 5.75 Å². The molecule has 2 nitrogen and oxygen atoms in total. The van der Waals surface area contributed by atoms with E-state index in [1.54, 1.807) is 12.4 Å². The van der Waals surface area contributed by atoms with Gasteiger partial charge < -0.3 is 4.74 Å². The molecule has 1 aromatic carbocycles. The molecule has 0 spiro atoms. The smallest absolute Gasteiger partial charge is 0.162 e. The van der Waals surface area contributed by atoms with E-state index in [9.17, 15) is 8.78 Å². The van der Waals surface area contributed by atoms with Crippen molar-refractivity contribution in [2.45, 2.75) is 6.61 Å². The Labute approximate surface area is 105 Å². The zero-order valence-corrected chi connectivity index (χ0v) is 10.2. The Bertz CT molecular complexity index is 534. The van der Waals surface area contributed by atoms with Crippen LogP contribution in [-0.2, 0) is 6.61 Å². The number of hydrogen-bond donors (Lipinski definition) is 0. The van der Waals surface area contributed by atoms with Gasteiger partial charge in [0.1, 0.15) is 12.4 Å². The van der Waals surface area contributed by atoms with Gasteiger partial charge in [0, 0.05) is 28.5 Å². The summed E-state index contributed by atoms with van der Waals surface area (Å²) in [6, 6.07) is 5.27. The Balaban J connectivity index is 2.05. The highest BCUT2D eigenvalue weighted by Crippen LogP contribution is 2.17. The summed E-state index contributed by atoms with van der Waals surface area (Å²) in [7, 11) is 0. The van der Waals surface area contributed by atoms with Gasteiger partial charge in [0.2, 0.25) is 0 Å². The highest BCUT2D eigenvalue weighted by Gasteiger charge is 2.03. The lowest BCUT2D eigenvalue weighted by Gasteiger charge is -2.06. The summed E-state index contributed by atoms with van der Waals surface area (Å²) in [4.78, 5) is 3.97. The van der Waals surface area contributed by atoms with Gasteiger partial charge in [-0.25, -0.2) is 8.78 Å². The topological polar surface area (TPSA) is 22.1 Å². The highest BCUT2D eigenvalue weighted by molar-refractivity contribution is 9.10. The van der Waals surface area contributed by atoms with E-state index in [0.717, 1.165) is 22.2 Å². The summed E-state index contributed by atoms with van der Waals surface area (Å²) in [5, 5.41) is 0. The largest absolute Gasteiger partial charge is 0.489 e. The second kappa shape index (κ2) is 5.23. The Hall–Kier alpha value is -1.49. The summed E-state index contributed by atoms with van der Waals surface area (Å²) in [5.74, 6) is -1.53. The van der Waals surface area contributed by atoms with E-state index in [-0.39, 0.29) is 12.4 Å². The second-order valence-electron chi connectivity index (χ2n) is 3.38. The third-order valence-electron chi connectivity index (χ3n) is 2.06. The number of pyridine rings is 1. The van der Waals surface area contributed by atoms with Gasteiger partial charge in [-0.15, -0.1) is 0 Å². The molecule has 0 aliphatic rings. The number of hydrogen-bond acceptors (Lipinski definition) is 2. The fraction of sp³-hybridized carbons (Fsp3) is 0.0833. The molecule has 0 amide bonds. The zero-order chi connectivity index (χ0) is 12.3. The summed E-state index contributed by atoms with van der Waals surface area (Å²) >= 11 is 3.28. The fourth-order valence-corrected chi connectivity index (χ4v) is 1.68. The Morgan fingerprint density at radius 3 is 2.65 bits per heavy atom. The molecule has 0 aliphatic heterocycles. The van der Waals surface area contributed by atoms with Crippen LogP contribution in [0.5, 0.6) is 5.75 Å². The van der Waals surface area contributed by atoms with E-state index in [1.165, 1.54) is 6.07 Å². The van der Waals surface area contributed by atoms with E-state index in [1.807, 2.05) is 6.07 Å². The molecule has 0 atom stereocenters. The molecule has 0 fully saturated rings. The molecule has 0 saturated carbocycles. The van der Waals surface area contributed by atoms with Gasteiger partial charge in [0.25, 0.3) is 0 Å². The molecule has 2 rings (SSSR count). The normalized spacial score (nSPS) is 10.3. The van der Waals surface area contributed by atoms with Gasteiger partial charge in [-0.2, -0.15) is 0 Å². The summed E-state index contributed by atoms with van der Waals surface area (Å²) in [5.41, 5.74) is 0.837. The fourth-order valence-electron chi connectivity index (χ4n) is 1.27. The molecule has 0 unspecified atom stereocenters. The molecule has 17 heavy (non-hydrogen) atoms. The van der Waals surface area contributed by atoms with Crippen LogP contribution >= 0.6 is 15.9 Å². The Morgan fingerprint density at radius 1 is 1.12 bits per heavy atom. The van der Waals surface area contributed by atoms with Gasteiger partial charge in [0.05, 0.1) is 0 Å². The lowest BCUT2D eigenvalue weighted by Crippen LogP contribution is -1.97. The van der Waals surface area contributed by atoms with Gasteiger partial charge in [-0.3, -0.25) is 4.98 Å². The van der Waals surface area contributed by atoms with Gasteiger partial charge in [-0.05, 0) is 34.1 Å². The van der Waals surface area contributed by atoms with Gasteiger partial charge in [0.15, 0.2) is 11.6 Å². The van der Waals surface area contributed by atoms with Crippen LogP contribution in [0.3, 0.4) is 0 Å². The van der Waals surface area contributed by atoms with Crippen LogP contribution in [0, 0.1) is 11.6 Å². The molecule has 88 valence electrons. The molecular formula is C12H8BrF2NO. The lowest BCUT2D eigenvalue weighted by molar-refractivity contribution is 0.302. The van der Waals surface area contributed by atoms with Crippen LogP contribution < -0.4 is 4.74 Å². The number of aromatic nitrogens is 1. The first-order valence-electron chi connectivity index (χ1n) is 4.82. The van der Waals surface area contributed by atoms with Crippen LogP contribution in [0.25, 0.3) is 0 Å². The van der Waals surface area contributed by atoms with Crippen molar-refractivity contribution in [1.82, 2.24) is 4.98 Å². The van der Waals surface area contributed by atoms with Crippen molar-refractivity contribution in [3.05, 3.63) is 58.3 Å². The highest BCUT2D eigenvalue weighted by atomic mass is 79.9. The molecule has 0 N–H and O–H groups in total. The number of rotatable bonds is 3. The number of nitrogens with zero attached hydrogens (tertiary/aromatic N) is 1. The van der Waals surface area contributed by atoms with Crippen LogP contribution in [0.1, 0.15) is 5.56 Å². The molecule has 2 aromatic rings. The maximum absolute atomic E-state index is 12.9. The average molecular weight is 300 g/mol. The van der Waals surface area contributed by atoms with Crippen LogP contribution in [-0.4, -0.2) is 4.98 Å². The third kappa shape index (κ3) is 3.23. The maximum atomic E-state index is 12.9. The third-order valence-corrected chi connectivity index (χ3v) is 2.49. The Kier molecular flexibility index (Phi) is 3.68. The Morgan fingerprint density at radius 2 is 1.94 bits per heavy atom. The molecule has 1 heterocycles. The first-order chi connectivity index (χ1) is 8.15. The molecule has 0 bridgehead atoms.